The van der Waals surface area contributed by atoms with Crippen molar-refractivity contribution in [2.75, 3.05) is 37.7 Å². The maximum Gasteiger partial charge on any atom is 0.326 e. The second-order valence-corrected chi connectivity index (χ2v) is 23.8. The van der Waals surface area contributed by atoms with Gasteiger partial charge < -0.3 is 85.5 Å². The minimum Gasteiger partial charge on any atom is -0.480 e. The third kappa shape index (κ3) is 32.6. The topological polar surface area (TPSA) is 476 Å². The Morgan fingerprint density at radius 3 is 0.841 bits per heavy atom. The van der Waals surface area contributed by atoms with Crippen molar-refractivity contribution in [2.24, 2.45) is 35.1 Å². The highest BCUT2D eigenvalue weighted by Crippen LogP contribution is 2.23. The molecular formula is C50H88N14O16S2. The summed E-state index contributed by atoms with van der Waals surface area (Å²) in [6.45, 7) is 17.1. The zero-order valence-electron chi connectivity index (χ0n) is 48.7. The summed E-state index contributed by atoms with van der Waals surface area (Å²) in [5.41, 5.74) is 11.8. The number of hydrogen-bond donors (Lipinski definition) is 16. The number of amides is 12. The molecule has 0 spiro atoms. The van der Waals surface area contributed by atoms with E-state index in [-0.39, 0.29) is 48.0 Å². The minimum absolute atomic E-state index is 0.0860. The Morgan fingerprint density at radius 1 is 0.317 bits per heavy atom. The summed E-state index contributed by atoms with van der Waals surface area (Å²) in [7, 11) is 1.73. The van der Waals surface area contributed by atoms with Gasteiger partial charge in [0.1, 0.15) is 48.3 Å². The quantitative estimate of drug-likeness (QED) is 0.0205. The fourth-order valence-corrected chi connectivity index (χ4v) is 9.34. The van der Waals surface area contributed by atoms with Gasteiger partial charge in [-0.3, -0.25) is 57.5 Å². The molecule has 0 aliphatic carbocycles. The van der Waals surface area contributed by atoms with Crippen molar-refractivity contribution in [3.63, 3.8) is 0 Å². The molecule has 466 valence electrons. The predicted octanol–water partition coefficient (Wildman–Crippen LogP) is -4.20. The van der Waals surface area contributed by atoms with Gasteiger partial charge in [0, 0.05) is 11.5 Å². The maximum atomic E-state index is 13.8. The molecule has 0 aromatic rings. The third-order valence-electron chi connectivity index (χ3n) is 11.4. The van der Waals surface area contributed by atoms with E-state index in [1.54, 1.807) is 27.7 Å². The van der Waals surface area contributed by atoms with Gasteiger partial charge in [0.15, 0.2) is 0 Å². The van der Waals surface area contributed by atoms with Crippen molar-refractivity contribution in [3.8, 4) is 0 Å². The Kier molecular flexibility index (Phi) is 35.6. The third-order valence-corrected chi connectivity index (χ3v) is 13.8. The Balaban J connectivity index is 6.51. The van der Waals surface area contributed by atoms with Crippen LogP contribution in [-0.4, -0.2) is 191 Å². The molecule has 0 bridgehead atoms. The number of carbonyl (C=O) groups is 14. The van der Waals surface area contributed by atoms with Crippen LogP contribution in [0, 0.1) is 23.7 Å². The summed E-state index contributed by atoms with van der Waals surface area (Å²) in [6, 6.07) is -12.7. The van der Waals surface area contributed by atoms with E-state index in [1.807, 2.05) is 27.7 Å². The Hall–Kier alpha value is -6.80. The van der Waals surface area contributed by atoms with Crippen LogP contribution in [0.25, 0.3) is 0 Å². The van der Waals surface area contributed by atoms with Crippen LogP contribution >= 0.6 is 21.6 Å². The van der Waals surface area contributed by atoms with E-state index in [0.29, 0.717) is 12.8 Å². The monoisotopic (exact) mass is 1200 g/mol. The SMILES string of the molecule is CC(C)C[C@H](NC(=O)CNC(=O)[C@H](C)NC(=O)[C@H](CSSC[C@H](NC(=O)[C@H](C)NC(=O)CNC(=O)[C@@H](N)CC(C)C)C(=O)N[C@@H](C)C(=O)NCC(=O)N[C@@H](CC(C)C)C(=O)O)NC(=O)[C@H](C)NC(=O)CNC(=O)[C@@H](N)CC(C)C)C(=O)O. The van der Waals surface area contributed by atoms with Gasteiger partial charge in [0.05, 0.1) is 38.3 Å². The summed E-state index contributed by atoms with van der Waals surface area (Å²) in [4.78, 5) is 180. The van der Waals surface area contributed by atoms with Crippen LogP contribution in [-0.2, 0) is 67.1 Å². The molecule has 0 radical (unpaired) electrons. The number of carboxylic acids is 2. The van der Waals surface area contributed by atoms with Crippen molar-refractivity contribution in [2.45, 2.75) is 169 Å². The lowest BCUT2D eigenvalue weighted by Gasteiger charge is -2.24. The van der Waals surface area contributed by atoms with E-state index < -0.39 is 169 Å². The largest absolute Gasteiger partial charge is 0.480 e. The highest BCUT2D eigenvalue weighted by Gasteiger charge is 2.31. The van der Waals surface area contributed by atoms with Crippen LogP contribution in [0.2, 0.25) is 0 Å². The van der Waals surface area contributed by atoms with Gasteiger partial charge >= 0.3 is 11.9 Å². The fourth-order valence-electron chi connectivity index (χ4n) is 7.01. The number of carbonyl (C=O) groups excluding carboxylic acids is 12. The molecule has 10 atom stereocenters. The van der Waals surface area contributed by atoms with Crippen molar-refractivity contribution >= 4 is 104 Å². The summed E-state index contributed by atoms with van der Waals surface area (Å²) in [5, 5.41) is 47.5. The zero-order chi connectivity index (χ0) is 63.1. The highest BCUT2D eigenvalue weighted by atomic mass is 33.1. The molecule has 0 aromatic carbocycles. The Morgan fingerprint density at radius 2 is 0.573 bits per heavy atom. The van der Waals surface area contributed by atoms with Crippen LogP contribution in [0.15, 0.2) is 0 Å². The van der Waals surface area contributed by atoms with Gasteiger partial charge in [-0.2, -0.15) is 0 Å². The lowest BCUT2D eigenvalue weighted by molar-refractivity contribution is -0.142. The van der Waals surface area contributed by atoms with Gasteiger partial charge in [-0.1, -0.05) is 77.0 Å². The van der Waals surface area contributed by atoms with E-state index in [2.05, 4.69) is 63.8 Å². The highest BCUT2D eigenvalue weighted by molar-refractivity contribution is 8.76. The lowest BCUT2D eigenvalue weighted by Crippen LogP contribution is -2.57. The van der Waals surface area contributed by atoms with E-state index in [4.69, 9.17) is 11.5 Å². The lowest BCUT2D eigenvalue weighted by atomic mass is 10.0. The average molecular weight is 1210 g/mol. The van der Waals surface area contributed by atoms with Crippen molar-refractivity contribution in [1.29, 1.82) is 0 Å². The first-order valence-corrected chi connectivity index (χ1v) is 29.2. The molecule has 32 heteroatoms. The van der Waals surface area contributed by atoms with Crippen molar-refractivity contribution in [3.05, 3.63) is 0 Å². The van der Waals surface area contributed by atoms with Crippen LogP contribution in [0.4, 0.5) is 0 Å². The molecule has 18 N–H and O–H groups in total. The number of carboxylic acid groups (broad SMARTS) is 2. The first-order chi connectivity index (χ1) is 38.0. The van der Waals surface area contributed by atoms with Crippen LogP contribution < -0.4 is 75.3 Å². The molecule has 0 heterocycles. The first-order valence-electron chi connectivity index (χ1n) is 26.8. The number of rotatable bonds is 39. The van der Waals surface area contributed by atoms with Gasteiger partial charge in [0.2, 0.25) is 70.9 Å². The van der Waals surface area contributed by atoms with Gasteiger partial charge in [-0.05, 0) is 77.0 Å². The smallest absolute Gasteiger partial charge is 0.326 e. The van der Waals surface area contributed by atoms with E-state index >= 15 is 0 Å². The molecule has 0 unspecified atom stereocenters. The number of nitrogens with one attached hydrogen (secondary N) is 12. The molecule has 82 heavy (non-hydrogen) atoms. The zero-order valence-corrected chi connectivity index (χ0v) is 50.4. The Bertz CT molecular complexity index is 2070. The second-order valence-electron chi connectivity index (χ2n) is 21.2. The molecule has 0 fully saturated rings. The summed E-state index contributed by atoms with van der Waals surface area (Å²) >= 11 is 0. The summed E-state index contributed by atoms with van der Waals surface area (Å²) in [5.74, 6) is -13.2. The molecule has 0 aliphatic heterocycles. The fraction of sp³-hybridized carbons (Fsp3) is 0.720. The molecular weight excluding hydrogens is 1120 g/mol. The molecule has 0 aliphatic rings. The number of nitrogens with two attached hydrogens (primary N) is 2. The molecule has 0 aromatic heterocycles. The summed E-state index contributed by atoms with van der Waals surface area (Å²) in [6.07, 6.45) is 0.894. The van der Waals surface area contributed by atoms with E-state index in [9.17, 15) is 77.3 Å². The molecule has 0 saturated carbocycles. The van der Waals surface area contributed by atoms with E-state index in [0.717, 1.165) is 21.6 Å². The average Bonchev–Trinajstić information content (AvgIpc) is 3.37. The van der Waals surface area contributed by atoms with Crippen LogP contribution in [0.3, 0.4) is 0 Å². The van der Waals surface area contributed by atoms with Crippen molar-refractivity contribution < 1.29 is 77.3 Å². The number of aliphatic carboxylic acids is 2. The van der Waals surface area contributed by atoms with E-state index in [1.165, 1.54) is 27.7 Å². The van der Waals surface area contributed by atoms with Gasteiger partial charge in [-0.25, -0.2) is 9.59 Å². The molecule has 0 rings (SSSR count). The van der Waals surface area contributed by atoms with Crippen LogP contribution in [0.1, 0.15) is 109 Å². The van der Waals surface area contributed by atoms with Crippen molar-refractivity contribution in [1.82, 2.24) is 63.8 Å². The minimum atomic E-state index is -1.52. The van der Waals surface area contributed by atoms with Crippen LogP contribution in [0.5, 0.6) is 0 Å². The first kappa shape index (κ1) is 75.2. The second kappa shape index (κ2) is 38.8. The maximum absolute atomic E-state index is 13.8. The van der Waals surface area contributed by atoms with Gasteiger partial charge in [0.25, 0.3) is 0 Å². The predicted molar refractivity (Wildman–Crippen MR) is 304 cm³/mol. The Labute approximate surface area is 485 Å². The molecule has 0 saturated heterocycles. The summed E-state index contributed by atoms with van der Waals surface area (Å²) < 4.78 is 0. The standard InChI is InChI=1S/C50H88N14O16S2/c1-23(2)13-31(51)45(73)55-17-37(65)57-29(11)43(71)63-35(47(75)59-27(9)41(69)53-19-39(67)61-33(49(77)78)15-25(5)6)21-81-82-22-36(64-44(72)30(12)58-38(66)18-56-46(74)32(52)14-24(3)4)48(76)60-28(10)42(70)54-20-40(68)62-34(50(79)80)16-26(7)8/h23-36H,13-22,51-52H2,1-12H3,(H,53,69)(H,54,70)(H,55,73)(H,56,74)(H,57,65)(H,58,66)(H,59,75)(H,60,76)(H,61,67)(H,62,68)(H,63,71)(H,64,72)(H,77,78)(H,79,80)/t27-,28-,29-,30-,31-,32-,33-,34-,35-,36-/m0/s1. The van der Waals surface area contributed by atoms with Gasteiger partial charge in [-0.15, -0.1) is 0 Å². The number of hydrogen-bond acceptors (Lipinski definition) is 18. The molecule has 12 amide bonds. The molecule has 30 nitrogen and oxygen atoms in total. The normalized spacial score (nSPS) is 14.8.